The standard InChI is InChI=1S/C12H18N2.C2H6/c1-3-9(2)12-10-6-4-5-7-11(10)13-8-14-12;1-2/h8-9H,3-7H2,1-2H3;1-2H3. The third kappa shape index (κ3) is 2.81. The first-order valence-corrected chi connectivity index (χ1v) is 6.65. The summed E-state index contributed by atoms with van der Waals surface area (Å²) in [5, 5.41) is 0. The van der Waals surface area contributed by atoms with Gasteiger partial charge in [-0.3, -0.25) is 0 Å². The molecule has 1 unspecified atom stereocenters. The van der Waals surface area contributed by atoms with Crippen LogP contribution in [0.4, 0.5) is 0 Å². The van der Waals surface area contributed by atoms with Crippen LogP contribution in [-0.4, -0.2) is 9.97 Å². The van der Waals surface area contributed by atoms with Gasteiger partial charge >= 0.3 is 0 Å². The quantitative estimate of drug-likeness (QED) is 0.755. The lowest BCUT2D eigenvalue weighted by Crippen LogP contribution is -2.12. The van der Waals surface area contributed by atoms with Crippen LogP contribution in [0.15, 0.2) is 6.33 Å². The molecule has 1 aromatic rings. The van der Waals surface area contributed by atoms with Gasteiger partial charge in [0, 0.05) is 11.4 Å². The topological polar surface area (TPSA) is 25.8 Å². The van der Waals surface area contributed by atoms with Gasteiger partial charge in [0.1, 0.15) is 6.33 Å². The molecule has 0 N–H and O–H groups in total. The maximum absolute atomic E-state index is 4.45. The van der Waals surface area contributed by atoms with E-state index in [0.29, 0.717) is 5.92 Å². The third-order valence-electron chi connectivity index (χ3n) is 3.24. The number of fused-ring (bicyclic) bond motifs is 1. The first-order chi connectivity index (χ1) is 7.83. The van der Waals surface area contributed by atoms with Gasteiger partial charge in [-0.05, 0) is 43.6 Å². The van der Waals surface area contributed by atoms with Gasteiger partial charge in [-0.15, -0.1) is 0 Å². The number of aromatic nitrogens is 2. The fraction of sp³-hybridized carbons (Fsp3) is 0.714. The molecule has 0 spiro atoms. The highest BCUT2D eigenvalue weighted by molar-refractivity contribution is 5.29. The van der Waals surface area contributed by atoms with Crippen LogP contribution in [0.2, 0.25) is 0 Å². The number of hydrogen-bond acceptors (Lipinski definition) is 2. The number of hydrogen-bond donors (Lipinski definition) is 0. The lowest BCUT2D eigenvalue weighted by molar-refractivity contribution is 0.622. The van der Waals surface area contributed by atoms with Crippen molar-refractivity contribution in [2.24, 2.45) is 0 Å². The molecule has 16 heavy (non-hydrogen) atoms. The summed E-state index contributed by atoms with van der Waals surface area (Å²) in [6, 6.07) is 0. The van der Waals surface area contributed by atoms with E-state index in [1.54, 1.807) is 6.33 Å². The lowest BCUT2D eigenvalue weighted by Gasteiger charge is -2.19. The van der Waals surface area contributed by atoms with Crippen LogP contribution in [-0.2, 0) is 12.8 Å². The van der Waals surface area contributed by atoms with Crippen molar-refractivity contribution >= 4 is 0 Å². The summed E-state index contributed by atoms with van der Waals surface area (Å²) >= 11 is 0. The van der Waals surface area contributed by atoms with Crippen LogP contribution < -0.4 is 0 Å². The van der Waals surface area contributed by atoms with E-state index in [2.05, 4.69) is 23.8 Å². The Morgan fingerprint density at radius 1 is 1.19 bits per heavy atom. The van der Waals surface area contributed by atoms with Crippen molar-refractivity contribution in [3.8, 4) is 0 Å². The second-order valence-electron chi connectivity index (χ2n) is 4.20. The minimum Gasteiger partial charge on any atom is -0.241 e. The second-order valence-corrected chi connectivity index (χ2v) is 4.20. The Balaban J connectivity index is 0.000000606. The molecule has 0 fully saturated rings. The second kappa shape index (κ2) is 6.62. The molecule has 2 rings (SSSR count). The molecule has 1 heterocycles. The van der Waals surface area contributed by atoms with Crippen LogP contribution in [0.5, 0.6) is 0 Å². The van der Waals surface area contributed by atoms with Gasteiger partial charge in [0.2, 0.25) is 0 Å². The Labute approximate surface area is 99.5 Å². The van der Waals surface area contributed by atoms with Crippen LogP contribution in [0.3, 0.4) is 0 Å². The number of rotatable bonds is 2. The maximum atomic E-state index is 4.45. The normalized spacial score (nSPS) is 15.8. The van der Waals surface area contributed by atoms with Gasteiger partial charge < -0.3 is 0 Å². The fourth-order valence-corrected chi connectivity index (χ4v) is 2.16. The number of nitrogens with zero attached hydrogens (tertiary/aromatic N) is 2. The Morgan fingerprint density at radius 3 is 2.56 bits per heavy atom. The van der Waals surface area contributed by atoms with E-state index < -0.39 is 0 Å². The van der Waals surface area contributed by atoms with Crippen molar-refractivity contribution < 1.29 is 0 Å². The first kappa shape index (κ1) is 13.1. The highest BCUT2D eigenvalue weighted by atomic mass is 14.8. The van der Waals surface area contributed by atoms with Crippen LogP contribution in [0.25, 0.3) is 0 Å². The highest BCUT2D eigenvalue weighted by Gasteiger charge is 2.17. The largest absolute Gasteiger partial charge is 0.241 e. The minimum absolute atomic E-state index is 0.588. The molecule has 90 valence electrons. The predicted octanol–water partition coefficient (Wildman–Crippen LogP) is 3.90. The molecule has 0 aliphatic heterocycles. The third-order valence-corrected chi connectivity index (χ3v) is 3.24. The summed E-state index contributed by atoms with van der Waals surface area (Å²) in [6.45, 7) is 8.49. The van der Waals surface area contributed by atoms with Gasteiger partial charge in [-0.2, -0.15) is 0 Å². The molecule has 0 aromatic carbocycles. The SMILES string of the molecule is CC.CCC(C)c1ncnc2c1CCCC2. The molecule has 1 aliphatic rings. The molecule has 0 radical (unpaired) electrons. The Hall–Kier alpha value is -0.920. The Kier molecular flexibility index (Phi) is 5.44. The van der Waals surface area contributed by atoms with Crippen molar-refractivity contribution in [3.63, 3.8) is 0 Å². The predicted molar refractivity (Wildman–Crippen MR) is 68.7 cm³/mol. The summed E-state index contributed by atoms with van der Waals surface area (Å²) in [7, 11) is 0. The molecular formula is C14H24N2. The van der Waals surface area contributed by atoms with Crippen LogP contribution >= 0.6 is 0 Å². The highest BCUT2D eigenvalue weighted by Crippen LogP contribution is 2.27. The average Bonchev–Trinajstić information content (AvgIpc) is 2.39. The van der Waals surface area contributed by atoms with Crippen molar-refractivity contribution in [1.29, 1.82) is 0 Å². The smallest absolute Gasteiger partial charge is 0.115 e. The van der Waals surface area contributed by atoms with E-state index in [-0.39, 0.29) is 0 Å². The van der Waals surface area contributed by atoms with E-state index in [0.717, 1.165) is 6.42 Å². The molecule has 0 saturated carbocycles. The van der Waals surface area contributed by atoms with Gasteiger partial charge in [0.05, 0.1) is 0 Å². The molecule has 1 aliphatic carbocycles. The Morgan fingerprint density at radius 2 is 1.88 bits per heavy atom. The number of aryl methyl sites for hydroxylation is 1. The first-order valence-electron chi connectivity index (χ1n) is 6.65. The molecule has 1 aromatic heterocycles. The molecule has 2 heteroatoms. The van der Waals surface area contributed by atoms with Crippen LogP contribution in [0, 0.1) is 0 Å². The van der Waals surface area contributed by atoms with Crippen molar-refractivity contribution in [1.82, 2.24) is 9.97 Å². The van der Waals surface area contributed by atoms with E-state index in [1.165, 1.54) is 42.6 Å². The summed E-state index contributed by atoms with van der Waals surface area (Å²) in [4.78, 5) is 8.84. The Bertz CT molecular complexity index is 321. The van der Waals surface area contributed by atoms with E-state index in [4.69, 9.17) is 0 Å². The zero-order chi connectivity index (χ0) is 12.0. The molecular weight excluding hydrogens is 196 g/mol. The summed E-state index contributed by atoms with van der Waals surface area (Å²) in [5.74, 6) is 0.588. The van der Waals surface area contributed by atoms with E-state index >= 15 is 0 Å². The summed E-state index contributed by atoms with van der Waals surface area (Å²) < 4.78 is 0. The van der Waals surface area contributed by atoms with Gasteiger partial charge in [-0.25, -0.2) is 9.97 Å². The van der Waals surface area contributed by atoms with Crippen LogP contribution in [0.1, 0.15) is 69.8 Å². The molecule has 0 amide bonds. The zero-order valence-corrected chi connectivity index (χ0v) is 11.1. The average molecular weight is 220 g/mol. The monoisotopic (exact) mass is 220 g/mol. The van der Waals surface area contributed by atoms with Gasteiger partial charge in [0.25, 0.3) is 0 Å². The summed E-state index contributed by atoms with van der Waals surface area (Å²) in [6.07, 6.45) is 7.86. The van der Waals surface area contributed by atoms with Crippen molar-refractivity contribution in [2.75, 3.05) is 0 Å². The molecule has 0 bridgehead atoms. The van der Waals surface area contributed by atoms with Gasteiger partial charge in [0.15, 0.2) is 0 Å². The maximum Gasteiger partial charge on any atom is 0.115 e. The molecule has 1 atom stereocenters. The van der Waals surface area contributed by atoms with Crippen molar-refractivity contribution in [2.45, 2.75) is 65.7 Å². The van der Waals surface area contributed by atoms with Crippen molar-refractivity contribution in [3.05, 3.63) is 23.3 Å². The van der Waals surface area contributed by atoms with E-state index in [9.17, 15) is 0 Å². The molecule has 0 saturated heterocycles. The minimum atomic E-state index is 0.588. The van der Waals surface area contributed by atoms with Gasteiger partial charge in [-0.1, -0.05) is 27.7 Å². The molecule has 2 nitrogen and oxygen atoms in total. The fourth-order valence-electron chi connectivity index (χ4n) is 2.16. The lowest BCUT2D eigenvalue weighted by atomic mass is 9.90. The summed E-state index contributed by atoms with van der Waals surface area (Å²) in [5.41, 5.74) is 4.06. The zero-order valence-electron chi connectivity index (χ0n) is 11.1. The van der Waals surface area contributed by atoms with E-state index in [1.807, 2.05) is 13.8 Å².